The number of hydrogen-bond acceptors (Lipinski definition) is 6. The third kappa shape index (κ3) is 3.25. The Morgan fingerprint density at radius 2 is 1.95 bits per heavy atom. The van der Waals surface area contributed by atoms with Gasteiger partial charge < -0.3 is 24.4 Å². The molecule has 7 heteroatoms. The minimum atomic E-state index is -1.09. The molecule has 21 heavy (non-hydrogen) atoms. The van der Waals surface area contributed by atoms with E-state index in [0.29, 0.717) is 13.0 Å². The fourth-order valence-corrected chi connectivity index (χ4v) is 2.27. The molecule has 1 aromatic carbocycles. The maximum Gasteiger partial charge on any atom is 1.00 e. The SMILES string of the molecule is O=C1OC(C2CCOC(c3ccccc3)O2)C([O-])=C1O.[Na+]. The van der Waals surface area contributed by atoms with Crippen LogP contribution in [0, 0.1) is 0 Å². The fourth-order valence-electron chi connectivity index (χ4n) is 2.27. The first-order chi connectivity index (χ1) is 9.66. The summed E-state index contributed by atoms with van der Waals surface area (Å²) in [5.41, 5.74) is 0.821. The van der Waals surface area contributed by atoms with E-state index in [1.165, 1.54) is 0 Å². The second-order valence-electron chi connectivity index (χ2n) is 4.62. The molecule has 2 aliphatic heterocycles. The Bertz CT molecular complexity index is 544. The van der Waals surface area contributed by atoms with Gasteiger partial charge in [0.1, 0.15) is 12.2 Å². The molecule has 1 saturated heterocycles. The average Bonchev–Trinajstić information content (AvgIpc) is 2.76. The fraction of sp³-hybridized carbons (Fsp3) is 0.357. The zero-order chi connectivity index (χ0) is 14.1. The molecular formula is C14H13NaO6. The molecule has 3 atom stereocenters. The van der Waals surface area contributed by atoms with Gasteiger partial charge in [-0.2, -0.15) is 0 Å². The quantitative estimate of drug-likeness (QED) is 0.482. The molecule has 0 spiro atoms. The maximum absolute atomic E-state index is 11.7. The molecule has 0 radical (unpaired) electrons. The topological polar surface area (TPSA) is 88.1 Å². The van der Waals surface area contributed by atoms with Crippen LogP contribution in [-0.4, -0.2) is 29.9 Å². The van der Waals surface area contributed by atoms with Crippen molar-refractivity contribution in [2.45, 2.75) is 24.9 Å². The molecule has 3 rings (SSSR count). The number of esters is 1. The number of benzene rings is 1. The molecule has 1 aromatic rings. The van der Waals surface area contributed by atoms with E-state index in [0.717, 1.165) is 5.56 Å². The first-order valence-corrected chi connectivity index (χ1v) is 6.30. The van der Waals surface area contributed by atoms with Crippen LogP contribution in [0.1, 0.15) is 18.3 Å². The number of rotatable bonds is 2. The summed E-state index contributed by atoms with van der Waals surface area (Å²) in [7, 11) is 0. The van der Waals surface area contributed by atoms with Gasteiger partial charge in [0.15, 0.2) is 12.0 Å². The molecule has 1 N–H and O–H groups in total. The van der Waals surface area contributed by atoms with Crippen molar-refractivity contribution in [3.8, 4) is 0 Å². The Balaban J connectivity index is 0.00000161. The van der Waals surface area contributed by atoms with Crippen molar-refractivity contribution in [2.75, 3.05) is 6.61 Å². The number of ether oxygens (including phenoxy) is 3. The van der Waals surface area contributed by atoms with Crippen molar-refractivity contribution in [2.24, 2.45) is 0 Å². The summed E-state index contributed by atoms with van der Waals surface area (Å²) >= 11 is 0. The summed E-state index contributed by atoms with van der Waals surface area (Å²) in [6.45, 7) is 0.381. The van der Waals surface area contributed by atoms with Crippen LogP contribution < -0.4 is 34.7 Å². The van der Waals surface area contributed by atoms with Gasteiger partial charge >= 0.3 is 35.5 Å². The molecular weight excluding hydrogens is 287 g/mol. The Hall–Kier alpha value is -1.05. The first kappa shape index (κ1) is 16.3. The van der Waals surface area contributed by atoms with Crippen LogP contribution in [0.2, 0.25) is 0 Å². The van der Waals surface area contributed by atoms with Gasteiger partial charge in [0, 0.05) is 12.0 Å². The van der Waals surface area contributed by atoms with E-state index in [4.69, 9.17) is 14.2 Å². The summed E-state index contributed by atoms with van der Waals surface area (Å²) in [5.74, 6) is -2.58. The molecule has 106 valence electrons. The molecule has 0 aliphatic carbocycles. The standard InChI is InChI=1S/C14H14O6.Na/c15-10-11(16)13(17)20-12(10)9-6-7-18-14(19-9)8-4-2-1-3-5-8;/h1-5,9,12,14-16H,6-7H2;/q;+1/p-1. The normalized spacial score (nSPS) is 29.0. The monoisotopic (exact) mass is 300 g/mol. The predicted molar refractivity (Wildman–Crippen MR) is 64.2 cm³/mol. The summed E-state index contributed by atoms with van der Waals surface area (Å²) in [6.07, 6.45) is -1.89. The van der Waals surface area contributed by atoms with Gasteiger partial charge in [-0.1, -0.05) is 30.3 Å². The zero-order valence-corrected chi connectivity index (χ0v) is 13.5. The minimum absolute atomic E-state index is 0. The minimum Gasteiger partial charge on any atom is -0.870 e. The molecule has 0 bridgehead atoms. The largest absolute Gasteiger partial charge is 1.00 e. The van der Waals surface area contributed by atoms with E-state index < -0.39 is 36.0 Å². The van der Waals surface area contributed by atoms with Crippen molar-refractivity contribution in [1.82, 2.24) is 0 Å². The van der Waals surface area contributed by atoms with Gasteiger partial charge in [-0.3, -0.25) is 0 Å². The summed E-state index contributed by atoms with van der Waals surface area (Å²) in [6, 6.07) is 9.27. The second kappa shape index (κ2) is 6.81. The van der Waals surface area contributed by atoms with Crippen molar-refractivity contribution in [3.05, 3.63) is 47.4 Å². The van der Waals surface area contributed by atoms with Gasteiger partial charge in [-0.15, -0.1) is 0 Å². The molecule has 6 nitrogen and oxygen atoms in total. The van der Waals surface area contributed by atoms with Crippen molar-refractivity contribution in [1.29, 1.82) is 0 Å². The molecule has 3 unspecified atom stereocenters. The van der Waals surface area contributed by atoms with E-state index in [1.807, 2.05) is 30.3 Å². The van der Waals surface area contributed by atoms with Crippen LogP contribution in [0.5, 0.6) is 0 Å². The predicted octanol–water partition coefficient (Wildman–Crippen LogP) is -2.45. The van der Waals surface area contributed by atoms with Crippen LogP contribution in [0.25, 0.3) is 0 Å². The van der Waals surface area contributed by atoms with Gasteiger partial charge in [0.2, 0.25) is 0 Å². The van der Waals surface area contributed by atoms with E-state index >= 15 is 0 Å². The van der Waals surface area contributed by atoms with E-state index in [-0.39, 0.29) is 29.6 Å². The Labute approximate surface area is 143 Å². The van der Waals surface area contributed by atoms with Crippen molar-refractivity contribution < 1.29 is 58.8 Å². The van der Waals surface area contributed by atoms with Gasteiger partial charge in [-0.05, 0) is 5.76 Å². The number of hydrogen-bond donors (Lipinski definition) is 1. The number of aliphatic hydroxyl groups excluding tert-OH is 1. The molecule has 0 saturated carbocycles. The first-order valence-electron chi connectivity index (χ1n) is 6.30. The van der Waals surface area contributed by atoms with Crippen LogP contribution in [0.3, 0.4) is 0 Å². The molecule has 0 aromatic heterocycles. The molecule has 2 heterocycles. The van der Waals surface area contributed by atoms with Gasteiger partial charge in [0.25, 0.3) is 0 Å². The van der Waals surface area contributed by atoms with E-state index in [1.54, 1.807) is 0 Å². The average molecular weight is 300 g/mol. The van der Waals surface area contributed by atoms with Crippen LogP contribution in [0.15, 0.2) is 41.9 Å². The molecule has 0 amide bonds. The number of carbonyl (C=O) groups excluding carboxylic acids is 1. The van der Waals surface area contributed by atoms with Crippen LogP contribution >= 0.6 is 0 Å². The van der Waals surface area contributed by atoms with Crippen LogP contribution in [-0.2, 0) is 19.0 Å². The number of carbonyl (C=O) groups is 1. The molecule has 2 aliphatic rings. The third-order valence-corrected chi connectivity index (χ3v) is 3.30. The van der Waals surface area contributed by atoms with E-state index in [9.17, 15) is 15.0 Å². The zero-order valence-electron chi connectivity index (χ0n) is 11.5. The number of aliphatic hydroxyl groups is 1. The van der Waals surface area contributed by atoms with Crippen molar-refractivity contribution >= 4 is 5.97 Å². The maximum atomic E-state index is 11.7. The second-order valence-corrected chi connectivity index (χ2v) is 4.62. The molecule has 1 fully saturated rings. The van der Waals surface area contributed by atoms with Crippen LogP contribution in [0.4, 0.5) is 0 Å². The summed E-state index contributed by atoms with van der Waals surface area (Å²) < 4.78 is 16.0. The van der Waals surface area contributed by atoms with Gasteiger partial charge in [0.05, 0.1) is 6.61 Å². The summed E-state index contributed by atoms with van der Waals surface area (Å²) in [4.78, 5) is 11.2. The Kier molecular flexibility index (Phi) is 5.29. The van der Waals surface area contributed by atoms with Crippen molar-refractivity contribution in [3.63, 3.8) is 0 Å². The van der Waals surface area contributed by atoms with Gasteiger partial charge in [-0.25, -0.2) is 4.79 Å². The number of cyclic esters (lactones) is 1. The Morgan fingerprint density at radius 3 is 2.57 bits per heavy atom. The van der Waals surface area contributed by atoms with E-state index in [2.05, 4.69) is 0 Å². The summed E-state index contributed by atoms with van der Waals surface area (Å²) in [5, 5.41) is 21.0. The smallest absolute Gasteiger partial charge is 0.870 e. The third-order valence-electron chi connectivity index (χ3n) is 3.30. The Morgan fingerprint density at radius 1 is 1.24 bits per heavy atom.